The fourth-order valence-electron chi connectivity index (χ4n) is 3.12. The van der Waals surface area contributed by atoms with Crippen LogP contribution < -0.4 is 0 Å². The lowest BCUT2D eigenvalue weighted by Gasteiger charge is -2.17. The number of para-hydroxylation sites is 1. The summed E-state index contributed by atoms with van der Waals surface area (Å²) in [6, 6.07) is 10.4. The lowest BCUT2D eigenvalue weighted by Crippen LogP contribution is -2.32. The lowest BCUT2D eigenvalue weighted by atomic mass is 10.2. The maximum absolute atomic E-state index is 12.5. The van der Waals surface area contributed by atoms with Crippen LogP contribution in [0, 0.1) is 0 Å². The molecule has 0 aliphatic carbocycles. The Morgan fingerprint density at radius 3 is 3.00 bits per heavy atom. The van der Waals surface area contributed by atoms with Crippen molar-refractivity contribution in [1.82, 2.24) is 24.5 Å². The Labute approximate surface area is 127 Å². The average molecular weight is 295 g/mol. The molecule has 0 saturated carbocycles. The van der Waals surface area contributed by atoms with Crippen LogP contribution in [-0.4, -0.2) is 43.5 Å². The van der Waals surface area contributed by atoms with Crippen LogP contribution in [0.1, 0.15) is 12.5 Å². The van der Waals surface area contributed by atoms with Gasteiger partial charge in [0.05, 0.1) is 12.2 Å². The summed E-state index contributed by atoms with van der Waals surface area (Å²) in [4.78, 5) is 14.4. The number of carbonyl (C=O) groups excluding carboxylic acids is 1. The smallest absolute Gasteiger partial charge is 0.242 e. The van der Waals surface area contributed by atoms with Crippen molar-refractivity contribution >= 4 is 16.8 Å². The molecule has 0 radical (unpaired) electrons. The Bertz CT molecular complexity index is 792. The molecule has 2 aromatic heterocycles. The molecule has 1 amide bonds. The molecule has 3 heterocycles. The van der Waals surface area contributed by atoms with E-state index in [1.807, 2.05) is 50.8 Å². The number of carbonyl (C=O) groups is 1. The van der Waals surface area contributed by atoms with Crippen LogP contribution in [-0.2, 0) is 11.3 Å². The molecule has 6 nitrogen and oxygen atoms in total. The van der Waals surface area contributed by atoms with Crippen LogP contribution in [0.5, 0.6) is 0 Å². The standard InChI is InChI=1S/C16H17N5O/c22-16(12-19-8-5-13-3-1-2-4-15(13)19)20-9-6-14(11-20)21-10-7-17-18-21/h1-5,7-8,10,14H,6,9,11-12H2/t14-/m0/s1. The molecule has 4 rings (SSSR count). The molecule has 1 aromatic carbocycles. The van der Waals surface area contributed by atoms with Crippen LogP contribution in [0.2, 0.25) is 0 Å². The maximum atomic E-state index is 12.5. The Morgan fingerprint density at radius 1 is 1.23 bits per heavy atom. The topological polar surface area (TPSA) is 56.0 Å². The largest absolute Gasteiger partial charge is 0.339 e. The van der Waals surface area contributed by atoms with E-state index in [4.69, 9.17) is 0 Å². The molecule has 0 unspecified atom stereocenters. The number of benzene rings is 1. The molecule has 1 atom stereocenters. The zero-order chi connectivity index (χ0) is 14.9. The predicted molar refractivity (Wildman–Crippen MR) is 82.2 cm³/mol. The molecule has 22 heavy (non-hydrogen) atoms. The van der Waals surface area contributed by atoms with Gasteiger partial charge in [0.1, 0.15) is 6.54 Å². The van der Waals surface area contributed by atoms with Gasteiger partial charge in [-0.15, -0.1) is 5.10 Å². The highest BCUT2D eigenvalue weighted by Gasteiger charge is 2.27. The molecule has 3 aromatic rings. The van der Waals surface area contributed by atoms with Crippen LogP contribution in [0.15, 0.2) is 48.9 Å². The zero-order valence-electron chi connectivity index (χ0n) is 12.2. The van der Waals surface area contributed by atoms with Gasteiger partial charge in [0.25, 0.3) is 0 Å². The fourth-order valence-corrected chi connectivity index (χ4v) is 3.12. The predicted octanol–water partition coefficient (Wildman–Crippen LogP) is 1.71. The van der Waals surface area contributed by atoms with Crippen LogP contribution in [0.4, 0.5) is 0 Å². The summed E-state index contributed by atoms with van der Waals surface area (Å²) in [7, 11) is 0. The van der Waals surface area contributed by atoms with E-state index in [1.54, 1.807) is 6.20 Å². The van der Waals surface area contributed by atoms with Gasteiger partial charge < -0.3 is 9.47 Å². The third kappa shape index (κ3) is 2.26. The van der Waals surface area contributed by atoms with E-state index >= 15 is 0 Å². The van der Waals surface area contributed by atoms with E-state index in [1.165, 1.54) is 0 Å². The highest BCUT2D eigenvalue weighted by molar-refractivity contribution is 5.83. The summed E-state index contributed by atoms with van der Waals surface area (Å²) >= 11 is 0. The monoisotopic (exact) mass is 295 g/mol. The Kier molecular flexibility index (Phi) is 3.14. The van der Waals surface area contributed by atoms with Gasteiger partial charge in [-0.1, -0.05) is 23.4 Å². The number of nitrogens with zero attached hydrogens (tertiary/aromatic N) is 5. The molecule has 1 saturated heterocycles. The van der Waals surface area contributed by atoms with Crippen molar-refractivity contribution < 1.29 is 4.79 Å². The van der Waals surface area contributed by atoms with Gasteiger partial charge in [-0.25, -0.2) is 4.68 Å². The normalized spacial score (nSPS) is 18.2. The van der Waals surface area contributed by atoms with Gasteiger partial charge >= 0.3 is 0 Å². The second-order valence-corrected chi connectivity index (χ2v) is 5.67. The van der Waals surface area contributed by atoms with Gasteiger partial charge in [-0.3, -0.25) is 4.79 Å². The number of aromatic nitrogens is 4. The lowest BCUT2D eigenvalue weighted by molar-refractivity contribution is -0.130. The molecule has 0 N–H and O–H groups in total. The highest BCUT2D eigenvalue weighted by Crippen LogP contribution is 2.21. The second kappa shape index (κ2) is 5.29. The summed E-state index contributed by atoms with van der Waals surface area (Å²) in [5.74, 6) is 0.156. The van der Waals surface area contributed by atoms with E-state index in [0.717, 1.165) is 23.9 Å². The van der Waals surface area contributed by atoms with Crippen molar-refractivity contribution in [2.45, 2.75) is 19.0 Å². The molecule has 112 valence electrons. The Morgan fingerprint density at radius 2 is 2.14 bits per heavy atom. The Hall–Kier alpha value is -2.63. The van der Waals surface area contributed by atoms with E-state index in [9.17, 15) is 4.79 Å². The number of amides is 1. The first-order valence-electron chi connectivity index (χ1n) is 7.49. The molecule has 1 fully saturated rings. The van der Waals surface area contributed by atoms with E-state index in [2.05, 4.69) is 16.4 Å². The van der Waals surface area contributed by atoms with Crippen LogP contribution >= 0.6 is 0 Å². The van der Waals surface area contributed by atoms with Crippen molar-refractivity contribution in [1.29, 1.82) is 0 Å². The van der Waals surface area contributed by atoms with Crippen LogP contribution in [0.3, 0.4) is 0 Å². The molecule has 6 heteroatoms. The second-order valence-electron chi connectivity index (χ2n) is 5.67. The molecule has 1 aliphatic heterocycles. The summed E-state index contributed by atoms with van der Waals surface area (Å²) in [5.41, 5.74) is 1.10. The minimum Gasteiger partial charge on any atom is -0.339 e. The van der Waals surface area contributed by atoms with Crippen molar-refractivity contribution in [3.05, 3.63) is 48.9 Å². The van der Waals surface area contributed by atoms with Crippen molar-refractivity contribution in [3.63, 3.8) is 0 Å². The quantitative estimate of drug-likeness (QED) is 0.739. The fraction of sp³-hybridized carbons (Fsp3) is 0.312. The zero-order valence-corrected chi connectivity index (χ0v) is 12.2. The summed E-state index contributed by atoms with van der Waals surface area (Å²) in [5, 5.41) is 9.03. The number of likely N-dealkylation sites (tertiary alicyclic amines) is 1. The van der Waals surface area contributed by atoms with Crippen LogP contribution in [0.25, 0.3) is 10.9 Å². The first-order chi connectivity index (χ1) is 10.8. The van der Waals surface area contributed by atoms with E-state index < -0.39 is 0 Å². The summed E-state index contributed by atoms with van der Waals surface area (Å²) in [6.07, 6.45) is 6.45. The van der Waals surface area contributed by atoms with Gasteiger partial charge in [-0.05, 0) is 23.9 Å². The van der Waals surface area contributed by atoms with Crippen molar-refractivity contribution in [2.75, 3.05) is 13.1 Å². The van der Waals surface area contributed by atoms with E-state index in [-0.39, 0.29) is 11.9 Å². The third-order valence-electron chi connectivity index (χ3n) is 4.32. The first kappa shape index (κ1) is 13.1. The van der Waals surface area contributed by atoms with E-state index in [0.29, 0.717) is 13.1 Å². The van der Waals surface area contributed by atoms with Gasteiger partial charge in [0.2, 0.25) is 5.91 Å². The van der Waals surface area contributed by atoms with Gasteiger partial charge in [0, 0.05) is 31.0 Å². The number of rotatable bonds is 3. The first-order valence-corrected chi connectivity index (χ1v) is 7.49. The summed E-state index contributed by atoms with van der Waals surface area (Å²) in [6.45, 7) is 1.88. The number of fused-ring (bicyclic) bond motifs is 1. The van der Waals surface area contributed by atoms with Gasteiger partial charge in [0.15, 0.2) is 0 Å². The minimum atomic E-state index is 0.156. The average Bonchev–Trinajstić information content (AvgIpc) is 3.28. The Balaban J connectivity index is 1.47. The number of hydrogen-bond acceptors (Lipinski definition) is 3. The minimum absolute atomic E-state index is 0.156. The molecule has 0 spiro atoms. The molecular formula is C16H17N5O. The summed E-state index contributed by atoms with van der Waals surface area (Å²) < 4.78 is 3.86. The van der Waals surface area contributed by atoms with Crippen molar-refractivity contribution in [2.24, 2.45) is 0 Å². The molecule has 0 bridgehead atoms. The highest BCUT2D eigenvalue weighted by atomic mass is 16.2. The van der Waals surface area contributed by atoms with Gasteiger partial charge in [-0.2, -0.15) is 0 Å². The third-order valence-corrected chi connectivity index (χ3v) is 4.32. The molecular weight excluding hydrogens is 278 g/mol. The number of hydrogen-bond donors (Lipinski definition) is 0. The molecule has 1 aliphatic rings. The maximum Gasteiger partial charge on any atom is 0.242 e. The SMILES string of the molecule is O=C(Cn1ccc2ccccc21)N1CC[C@H](n2ccnn2)C1. The van der Waals surface area contributed by atoms with Crippen molar-refractivity contribution in [3.8, 4) is 0 Å².